The van der Waals surface area contributed by atoms with Crippen molar-refractivity contribution >= 4 is 51.2 Å². The number of carbonyl (C=O) groups excluding carboxylic acids is 1. The fourth-order valence-electron chi connectivity index (χ4n) is 4.94. The Morgan fingerprint density at radius 2 is 1.91 bits per heavy atom. The number of nitrogens with zero attached hydrogens (tertiary/aromatic N) is 3. The number of benzene rings is 2. The maximum absolute atomic E-state index is 12.4. The van der Waals surface area contributed by atoms with Crippen LogP contribution in [0.15, 0.2) is 64.2 Å². The molecule has 2 aromatic carbocycles. The number of pyridine rings is 1. The molecule has 3 aliphatic rings. The summed E-state index contributed by atoms with van der Waals surface area (Å²) in [5.74, 6) is 2.05. The standard InChI is InChI=1S/C25H24N4O2S/c30-24(15-32-25-28-21-3-1-2-4-22(21)31-25)26-18-8-11-20-17(13-18)7-12-23(27-20)29-14-16-5-9-19(29)10-6-16/h1-4,7-8,11-13,16,19H,5-6,9-10,14-15H2,(H,26,30). The smallest absolute Gasteiger partial charge is 0.257 e. The normalized spacial score (nSPS) is 20.2. The van der Waals surface area contributed by atoms with Crippen molar-refractivity contribution in [2.24, 2.45) is 5.92 Å². The first-order chi connectivity index (χ1) is 15.7. The molecule has 1 aliphatic carbocycles. The molecule has 32 heavy (non-hydrogen) atoms. The highest BCUT2D eigenvalue weighted by Gasteiger charge is 2.34. The van der Waals surface area contributed by atoms with Gasteiger partial charge in [0.1, 0.15) is 11.3 Å². The van der Waals surface area contributed by atoms with E-state index in [4.69, 9.17) is 9.40 Å². The van der Waals surface area contributed by atoms with Crippen molar-refractivity contribution in [1.82, 2.24) is 9.97 Å². The van der Waals surface area contributed by atoms with Gasteiger partial charge >= 0.3 is 0 Å². The van der Waals surface area contributed by atoms with Gasteiger partial charge < -0.3 is 14.6 Å². The molecule has 6 nitrogen and oxygen atoms in total. The van der Waals surface area contributed by atoms with E-state index in [2.05, 4.69) is 27.3 Å². The number of para-hydroxylation sites is 2. The van der Waals surface area contributed by atoms with Gasteiger partial charge in [0, 0.05) is 23.7 Å². The topological polar surface area (TPSA) is 71.3 Å². The van der Waals surface area contributed by atoms with Crippen molar-refractivity contribution in [1.29, 1.82) is 0 Å². The molecular weight excluding hydrogens is 420 g/mol. The van der Waals surface area contributed by atoms with Crippen LogP contribution in [-0.2, 0) is 4.79 Å². The van der Waals surface area contributed by atoms with Crippen LogP contribution >= 0.6 is 11.8 Å². The number of thioether (sulfide) groups is 1. The third-order valence-electron chi connectivity index (χ3n) is 6.57. The summed E-state index contributed by atoms with van der Waals surface area (Å²) in [7, 11) is 0. The summed E-state index contributed by atoms with van der Waals surface area (Å²) in [4.78, 5) is 24.3. The zero-order valence-corrected chi connectivity index (χ0v) is 18.5. The maximum atomic E-state index is 12.4. The van der Waals surface area contributed by atoms with Crippen molar-refractivity contribution < 1.29 is 9.21 Å². The highest BCUT2D eigenvalue weighted by molar-refractivity contribution is 7.99. The minimum Gasteiger partial charge on any atom is -0.431 e. The molecule has 2 aromatic heterocycles. The van der Waals surface area contributed by atoms with Gasteiger partial charge in [0.25, 0.3) is 5.22 Å². The molecule has 0 unspecified atom stereocenters. The lowest BCUT2D eigenvalue weighted by atomic mass is 9.80. The van der Waals surface area contributed by atoms with E-state index in [1.54, 1.807) is 0 Å². The highest BCUT2D eigenvalue weighted by atomic mass is 32.2. The van der Waals surface area contributed by atoms with E-state index in [-0.39, 0.29) is 11.7 Å². The van der Waals surface area contributed by atoms with E-state index >= 15 is 0 Å². The summed E-state index contributed by atoms with van der Waals surface area (Å²) in [6.45, 7) is 1.13. The zero-order valence-electron chi connectivity index (χ0n) is 17.7. The summed E-state index contributed by atoms with van der Waals surface area (Å²) < 4.78 is 5.67. The zero-order chi connectivity index (χ0) is 21.5. The second-order valence-electron chi connectivity index (χ2n) is 8.69. The minimum absolute atomic E-state index is 0.0921. The molecule has 0 spiro atoms. The van der Waals surface area contributed by atoms with E-state index in [0.29, 0.717) is 11.3 Å². The number of nitrogens with one attached hydrogen (secondary N) is 1. The van der Waals surface area contributed by atoms with E-state index < -0.39 is 0 Å². The van der Waals surface area contributed by atoms with Crippen molar-refractivity contribution in [2.45, 2.75) is 36.9 Å². The number of aromatic nitrogens is 2. The van der Waals surface area contributed by atoms with Gasteiger partial charge in [0.2, 0.25) is 5.91 Å². The molecule has 7 rings (SSSR count). The van der Waals surface area contributed by atoms with Crippen LogP contribution in [0, 0.1) is 5.92 Å². The summed E-state index contributed by atoms with van der Waals surface area (Å²) in [5, 5.41) is 4.50. The Labute approximate surface area is 190 Å². The van der Waals surface area contributed by atoms with Gasteiger partial charge in [-0.25, -0.2) is 9.97 Å². The number of piperidine rings is 2. The highest BCUT2D eigenvalue weighted by Crippen LogP contribution is 2.37. The first-order valence-electron chi connectivity index (χ1n) is 11.2. The monoisotopic (exact) mass is 444 g/mol. The molecule has 2 bridgehead atoms. The molecule has 4 aromatic rings. The molecule has 1 amide bonds. The second kappa shape index (κ2) is 8.13. The Morgan fingerprint density at radius 3 is 2.72 bits per heavy atom. The molecule has 0 atom stereocenters. The van der Waals surface area contributed by atoms with Crippen molar-refractivity contribution in [3.05, 3.63) is 54.6 Å². The number of carbonyl (C=O) groups is 1. The van der Waals surface area contributed by atoms with Crippen LogP contribution in [0.25, 0.3) is 22.0 Å². The van der Waals surface area contributed by atoms with Gasteiger partial charge in [-0.05, 0) is 74.1 Å². The van der Waals surface area contributed by atoms with Crippen molar-refractivity contribution in [3.63, 3.8) is 0 Å². The lowest BCUT2D eigenvalue weighted by Gasteiger charge is -2.46. The Morgan fingerprint density at radius 1 is 1.03 bits per heavy atom. The number of oxazole rings is 1. The Hall–Kier alpha value is -3.06. The number of hydrogen-bond acceptors (Lipinski definition) is 6. The fraction of sp³-hybridized carbons (Fsp3) is 0.320. The van der Waals surface area contributed by atoms with Crippen LogP contribution in [-0.4, -0.2) is 34.2 Å². The molecule has 3 fully saturated rings. The summed E-state index contributed by atoms with van der Waals surface area (Å²) in [5.41, 5.74) is 3.26. The predicted octanol–water partition coefficient (Wildman–Crippen LogP) is 5.49. The molecule has 0 radical (unpaired) electrons. The average molecular weight is 445 g/mol. The minimum atomic E-state index is -0.0921. The number of hydrogen-bond donors (Lipinski definition) is 1. The van der Waals surface area contributed by atoms with Gasteiger partial charge in [0.15, 0.2) is 5.58 Å². The molecule has 1 N–H and O–H groups in total. The van der Waals surface area contributed by atoms with E-state index in [1.165, 1.54) is 37.4 Å². The third kappa shape index (κ3) is 3.81. The lowest BCUT2D eigenvalue weighted by molar-refractivity contribution is -0.113. The molecule has 7 heteroatoms. The summed E-state index contributed by atoms with van der Waals surface area (Å²) in [6.07, 6.45) is 5.30. The second-order valence-corrected chi connectivity index (χ2v) is 9.61. The Kier molecular flexibility index (Phi) is 4.98. The van der Waals surface area contributed by atoms with Crippen LogP contribution in [0.4, 0.5) is 11.5 Å². The third-order valence-corrected chi connectivity index (χ3v) is 7.39. The van der Waals surface area contributed by atoms with Gasteiger partial charge in [-0.2, -0.15) is 0 Å². The number of rotatable bonds is 5. The van der Waals surface area contributed by atoms with Crippen molar-refractivity contribution in [2.75, 3.05) is 22.5 Å². The van der Waals surface area contributed by atoms with Crippen LogP contribution in [0.1, 0.15) is 25.7 Å². The van der Waals surface area contributed by atoms with E-state index in [1.807, 2.05) is 42.5 Å². The largest absolute Gasteiger partial charge is 0.431 e. The summed E-state index contributed by atoms with van der Waals surface area (Å²) in [6, 6.07) is 18.4. The predicted molar refractivity (Wildman–Crippen MR) is 128 cm³/mol. The van der Waals surface area contributed by atoms with Crippen LogP contribution < -0.4 is 10.2 Å². The Balaban J connectivity index is 1.12. The number of fused-ring (bicyclic) bond motifs is 5. The van der Waals surface area contributed by atoms with E-state index in [9.17, 15) is 4.79 Å². The molecule has 2 aliphatic heterocycles. The van der Waals surface area contributed by atoms with Crippen molar-refractivity contribution in [3.8, 4) is 0 Å². The van der Waals surface area contributed by atoms with Crippen LogP contribution in [0.2, 0.25) is 0 Å². The number of anilines is 2. The maximum Gasteiger partial charge on any atom is 0.257 e. The van der Waals surface area contributed by atoms with Gasteiger partial charge in [-0.1, -0.05) is 23.9 Å². The first kappa shape index (κ1) is 19.6. The fourth-order valence-corrected chi connectivity index (χ4v) is 5.57. The molecular formula is C25H24N4O2S. The number of amides is 1. The molecule has 162 valence electrons. The lowest BCUT2D eigenvalue weighted by Crippen LogP contribution is -2.48. The molecule has 1 saturated carbocycles. The summed E-state index contributed by atoms with van der Waals surface area (Å²) >= 11 is 1.29. The SMILES string of the molecule is O=C(CSc1nc2ccccc2o1)Nc1ccc2nc(N3CC4CCC3CC4)ccc2c1. The van der Waals surface area contributed by atoms with Gasteiger partial charge in [-0.15, -0.1) is 0 Å². The van der Waals surface area contributed by atoms with Crippen LogP contribution in [0.5, 0.6) is 0 Å². The molecule has 4 heterocycles. The van der Waals surface area contributed by atoms with Gasteiger partial charge in [-0.3, -0.25) is 4.79 Å². The van der Waals surface area contributed by atoms with E-state index in [0.717, 1.165) is 46.0 Å². The average Bonchev–Trinajstić information content (AvgIpc) is 3.26. The Bertz CT molecular complexity index is 1260. The van der Waals surface area contributed by atoms with Crippen LogP contribution in [0.3, 0.4) is 0 Å². The first-order valence-corrected chi connectivity index (χ1v) is 12.2. The molecule has 2 saturated heterocycles. The quantitative estimate of drug-likeness (QED) is 0.411. The van der Waals surface area contributed by atoms with Gasteiger partial charge in [0.05, 0.1) is 11.3 Å².